The lowest BCUT2D eigenvalue weighted by atomic mass is 9.91. The van der Waals surface area contributed by atoms with Crippen LogP contribution in [0.1, 0.15) is 131 Å². The second-order valence-electron chi connectivity index (χ2n) is 16.2. The molecule has 0 fully saturated rings. The summed E-state index contributed by atoms with van der Waals surface area (Å²) in [4.78, 5) is 42.6. The van der Waals surface area contributed by atoms with Gasteiger partial charge in [-0.1, -0.05) is 62.3 Å². The van der Waals surface area contributed by atoms with E-state index in [1.807, 2.05) is 69.9 Å². The van der Waals surface area contributed by atoms with E-state index in [-0.39, 0.29) is 43.0 Å². The summed E-state index contributed by atoms with van der Waals surface area (Å²) in [5.41, 5.74) is -1.01. The van der Waals surface area contributed by atoms with Crippen molar-refractivity contribution in [2.75, 3.05) is 0 Å². The second-order valence-corrected chi connectivity index (χ2v) is 123. The Balaban J connectivity index is -0.000000157. The number of cyclic esters (lactones) is 1. The minimum Gasteiger partial charge on any atom is -0.455 e. The summed E-state index contributed by atoms with van der Waals surface area (Å²) in [6.07, 6.45) is 4.14. The van der Waals surface area contributed by atoms with Crippen LogP contribution in [0.25, 0.3) is 0 Å². The number of aliphatic hydroxyl groups is 1. The highest BCUT2D eigenvalue weighted by atomic mass is 33.5. The number of hydrogen-bond acceptors (Lipinski definition) is 16. The van der Waals surface area contributed by atoms with Crippen LogP contribution >= 0.6 is 18.9 Å². The zero-order valence-corrected chi connectivity index (χ0v) is 114. The molecule has 78 heteroatoms. The summed E-state index contributed by atoms with van der Waals surface area (Å²) in [6, 6.07) is 0. The molecule has 1 aliphatic rings. The summed E-state index contributed by atoms with van der Waals surface area (Å²) < 4.78 is 14.4. The molecule has 0 spiro atoms. The Labute approximate surface area is 865 Å². The molecule has 660 valence electrons. The highest BCUT2D eigenvalue weighted by Crippen LogP contribution is 2.24. The first-order chi connectivity index (χ1) is 52.2. The average Bonchev–Trinajstić information content (AvgIpc) is 0.967. The molecule has 1 aliphatic heterocycles. The Kier molecular flexibility index (Phi) is 156. The van der Waals surface area contributed by atoms with Gasteiger partial charge in [-0.25, -0.2) is 4.79 Å². The van der Waals surface area contributed by atoms with Gasteiger partial charge in [0.15, 0.2) is 17.3 Å². The first-order valence-corrected chi connectivity index (χ1v) is 111. The third-order valence-electron chi connectivity index (χ3n) is 7.64. The smallest absolute Gasteiger partial charge is 0.334 e. The quantitative estimate of drug-likeness (QED) is 0.170. The van der Waals surface area contributed by atoms with Gasteiger partial charge in [0.1, 0.15) is 23.4 Å². The SMILES string of the molecule is C.CC(=O)C(C)(CC(C)C)OP.CC(=O)C(C)(O)CC(C)C.CC(=O)C(C)OP.CC1=CC(C)OC1=O.CCC(C)C.S=S.S=S=S=S=S=S=S=S=S=S=S=S=S=S=S=S=S=S=S=S=S.S=S=S=S=S=S=S=S=S=S=S=S=S=S=S=S=S=S=S=S=S=S.S=S=S=S=S=S=S=S=S=S=S=S=S=S=S=S=S=S=S=S=S=S=S. The van der Waals surface area contributed by atoms with Gasteiger partial charge < -0.3 is 18.9 Å². The van der Waals surface area contributed by atoms with Crippen molar-refractivity contribution in [2.24, 2.45) is 17.8 Å². The van der Waals surface area contributed by atoms with E-state index >= 15 is 0 Å². The van der Waals surface area contributed by atoms with E-state index in [0.29, 0.717) is 18.3 Å². The molecule has 0 aromatic carbocycles. The van der Waals surface area contributed by atoms with Crippen LogP contribution < -0.4 is 0 Å². The van der Waals surface area contributed by atoms with E-state index in [1.165, 1.54) is 73.6 Å². The number of esters is 1. The maximum atomic E-state index is 11.1. The van der Waals surface area contributed by atoms with Crippen molar-refractivity contribution in [1.82, 2.24) is 0 Å². The summed E-state index contributed by atoms with van der Waals surface area (Å²) in [5, 5.41) is 9.41. The fourth-order valence-corrected chi connectivity index (χ4v) is 152. The number of Topliss-reactive ketones (excluding diaryl/α,β-unsaturated/α-hetero) is 3. The number of rotatable bonds is 10. The van der Waals surface area contributed by atoms with Crippen molar-refractivity contribution in [2.45, 2.75) is 154 Å². The van der Waals surface area contributed by atoms with Crippen LogP contribution in [0, 0.1) is 17.8 Å². The van der Waals surface area contributed by atoms with E-state index in [4.69, 9.17) is 76.4 Å². The summed E-state index contributed by atoms with van der Waals surface area (Å²) in [5.74, 6) is 1.52. The third-order valence-corrected chi connectivity index (χ3v) is 135. The molecule has 1 N–H and O–H groups in total. The van der Waals surface area contributed by atoms with Crippen LogP contribution in [0.4, 0.5) is 0 Å². The minimum atomic E-state index is -1.12. The summed E-state index contributed by atoms with van der Waals surface area (Å²) >= 11 is 35.9. The summed E-state index contributed by atoms with van der Waals surface area (Å²) in [7, 11) is 108. The molecule has 0 saturated carbocycles. The van der Waals surface area contributed by atoms with E-state index in [2.05, 4.69) is 71.0 Å². The van der Waals surface area contributed by atoms with Crippen LogP contribution in [-0.4, -0.2) is 51.8 Å². The predicted octanol–water partition coefficient (Wildman–Crippen LogP) is 7.73. The minimum absolute atomic E-state index is 0. The normalized spacial score (nSPS) is 11.0. The van der Waals surface area contributed by atoms with Crippen molar-refractivity contribution < 1.29 is 38.1 Å². The lowest BCUT2D eigenvalue weighted by molar-refractivity contribution is -0.139. The van der Waals surface area contributed by atoms with Gasteiger partial charge in [-0.2, -0.15) is 0 Å². The summed E-state index contributed by atoms with van der Waals surface area (Å²) in [6.45, 7) is 27.9. The number of carbonyl (C=O) groups is 4. The van der Waals surface area contributed by atoms with Gasteiger partial charge in [0, 0.05) is 647 Å². The van der Waals surface area contributed by atoms with Gasteiger partial charge >= 0.3 is 5.97 Å². The zero-order valence-electron chi connectivity index (χ0n) is 56.3. The molecule has 1 heterocycles. The average molecular weight is 2820 g/mol. The van der Waals surface area contributed by atoms with Crippen molar-refractivity contribution >= 4 is 665 Å². The molecule has 6 atom stereocenters. The standard InChI is InChI=1S/C8H17O2P.C8H16O2.C6H8O2.C5H12.C4H9O2P.CH4.S23.S22.S21.S2/c1-6(2)5-8(4,10-11)7(3)9;1-6(2)5-8(4,10)7(3)9;1-4-3-5(2)8-6(4)7;1-4-5(2)3;1-3(5)4(2)6-7;;1-3-5-7-9-11-13-15-17-19-21-23-22-20-18-16-14-12-10-8-6-4-2;1-3-5-7-9-11-13-15-17-19-21-22-20-18-16-14-12-10-8-6-4-2;1-3-5-7-9-11-13-15-17-19-21-20-18-16-14-12-10-8-6-4-2;1-2/h6H,5,11H2,1-4H3;6,10H,5H2,1-4H3;3,5H,1-2H3;5H,4H2,1-3H3;4H,7H2,1-2H3;1H4;;;;. The molecule has 6 unspecified atom stereocenters. The van der Waals surface area contributed by atoms with Gasteiger partial charge in [-0.15, -0.1) is 0 Å². The molecular weight excluding hydrogens is 2750 g/mol. The molecule has 0 radical (unpaired) electrons. The topological polar surface area (TPSA) is 116 Å². The monoisotopic (exact) mass is 2810 g/mol. The van der Waals surface area contributed by atoms with Gasteiger partial charge in [-0.3, -0.25) is 14.4 Å². The Morgan fingerprint density at radius 2 is 0.591 bits per heavy atom. The van der Waals surface area contributed by atoms with Crippen LogP contribution in [0.2, 0.25) is 0 Å². The fourth-order valence-electron chi connectivity index (χ4n) is 3.42. The second kappa shape index (κ2) is 121. The molecule has 0 aliphatic carbocycles. The van der Waals surface area contributed by atoms with Gasteiger partial charge in [0.25, 0.3) is 0 Å². The van der Waals surface area contributed by atoms with E-state index < -0.39 is 11.2 Å². The van der Waals surface area contributed by atoms with Crippen molar-refractivity contribution in [3.05, 3.63) is 11.6 Å². The molecule has 8 nitrogen and oxygen atoms in total. The number of hydrogen-bond donors (Lipinski definition) is 1. The lowest BCUT2D eigenvalue weighted by Crippen LogP contribution is -2.35. The van der Waals surface area contributed by atoms with Crippen LogP contribution in [-0.2, 0) is 655 Å². The van der Waals surface area contributed by atoms with Gasteiger partial charge in [-0.05, 0) is 92.1 Å². The Bertz CT molecular complexity index is 5630. The molecule has 0 aromatic heterocycles. The molecule has 110 heavy (non-hydrogen) atoms. The van der Waals surface area contributed by atoms with E-state index in [9.17, 15) is 24.3 Å². The maximum Gasteiger partial charge on any atom is 0.334 e. The zero-order chi connectivity index (χ0) is 84.1. The molecule has 0 aromatic rings. The van der Waals surface area contributed by atoms with Crippen LogP contribution in [0.3, 0.4) is 0 Å². The van der Waals surface area contributed by atoms with Crippen molar-refractivity contribution in [3.63, 3.8) is 0 Å². The molecular formula is C32H66O8P2S68. The lowest BCUT2D eigenvalue weighted by Gasteiger charge is -2.26. The number of ketones is 3. The fraction of sp³-hybridized carbons (Fsp3) is 0.812. The largest absolute Gasteiger partial charge is 0.455 e. The molecule has 0 amide bonds. The Morgan fingerprint density at radius 3 is 0.645 bits per heavy atom. The third kappa shape index (κ3) is 133. The molecule has 0 saturated heterocycles. The highest BCUT2D eigenvalue weighted by Gasteiger charge is 2.30. The van der Waals surface area contributed by atoms with Crippen LogP contribution in [0.5, 0.6) is 0 Å². The Hall–Kier alpha value is 13.9. The number of carbonyl (C=O) groups excluding carboxylic acids is 4. The maximum absolute atomic E-state index is 11.1. The highest BCUT2D eigenvalue weighted by molar-refractivity contribution is 8.82. The molecule has 1 rings (SSSR count). The first kappa shape index (κ1) is 142. The number of ether oxygens (including phenoxy) is 1. The first-order valence-electron chi connectivity index (χ1n) is 25.0. The van der Waals surface area contributed by atoms with E-state index in [0.717, 1.165) is 17.9 Å². The molecule has 0 bridgehead atoms. The van der Waals surface area contributed by atoms with Crippen molar-refractivity contribution in [3.8, 4) is 0 Å². The van der Waals surface area contributed by atoms with Crippen LogP contribution in [0.15, 0.2) is 11.6 Å². The van der Waals surface area contributed by atoms with E-state index in [1.54, 1.807) is 481 Å². The van der Waals surface area contributed by atoms with Gasteiger partial charge in [0.2, 0.25) is 0 Å². The Morgan fingerprint density at radius 1 is 0.409 bits per heavy atom. The van der Waals surface area contributed by atoms with Gasteiger partial charge in [0.05, 0.1) is 0 Å². The predicted molar refractivity (Wildman–Crippen MR) is 683 cm³/mol. The van der Waals surface area contributed by atoms with Crippen molar-refractivity contribution in [1.29, 1.82) is 0 Å².